The number of methoxy groups -OCH3 is 2. The van der Waals surface area contributed by atoms with Gasteiger partial charge >= 0.3 is 0 Å². The van der Waals surface area contributed by atoms with E-state index < -0.39 is 28.5 Å². The fourth-order valence-electron chi connectivity index (χ4n) is 4.39. The number of hydrogen-bond donors (Lipinski definition) is 1. The van der Waals surface area contributed by atoms with Crippen molar-refractivity contribution in [2.24, 2.45) is 0 Å². The van der Waals surface area contributed by atoms with Crippen molar-refractivity contribution in [1.82, 2.24) is 10.2 Å². The van der Waals surface area contributed by atoms with Crippen molar-refractivity contribution in [3.05, 3.63) is 83.4 Å². The third-order valence-electron chi connectivity index (χ3n) is 6.91. The molecular formula is C31H38ClN3O6S. The molecule has 0 aliphatic heterocycles. The molecule has 11 heteroatoms. The Hall–Kier alpha value is -3.76. The molecule has 0 aliphatic carbocycles. The second-order valence-corrected chi connectivity index (χ2v) is 12.0. The van der Waals surface area contributed by atoms with E-state index in [1.54, 1.807) is 43.5 Å². The standard InChI is InChI=1S/C31H38ClN3O6S/c1-6-22(3)33-31(37)28(7-2)34(20-23-12-11-13-25(18-23)40-4)30(36)21-35(24-16-17-29(41-5)27(32)19-24)42(38,39)26-14-9-8-10-15-26/h8-19,22,28H,6-7,20-21H2,1-5H3,(H,33,37). The number of amides is 2. The second-order valence-electron chi connectivity index (χ2n) is 9.76. The lowest BCUT2D eigenvalue weighted by Crippen LogP contribution is -2.53. The highest BCUT2D eigenvalue weighted by atomic mass is 35.5. The maximum atomic E-state index is 14.2. The predicted octanol–water partition coefficient (Wildman–Crippen LogP) is 5.27. The number of rotatable bonds is 14. The SMILES string of the molecule is CCC(C)NC(=O)C(CC)N(Cc1cccc(OC)c1)C(=O)CN(c1ccc(OC)c(Cl)c1)S(=O)(=O)c1ccccc1. The van der Waals surface area contributed by atoms with Crippen molar-refractivity contribution in [1.29, 1.82) is 0 Å². The number of nitrogens with zero attached hydrogens (tertiary/aromatic N) is 2. The van der Waals surface area contributed by atoms with E-state index in [0.29, 0.717) is 24.3 Å². The summed E-state index contributed by atoms with van der Waals surface area (Å²) in [4.78, 5) is 29.0. The van der Waals surface area contributed by atoms with Crippen molar-refractivity contribution in [3.8, 4) is 11.5 Å². The Morgan fingerprint density at radius 3 is 2.24 bits per heavy atom. The Kier molecular flexibility index (Phi) is 11.6. The Labute approximate surface area is 253 Å². The number of hydrogen-bond acceptors (Lipinski definition) is 6. The predicted molar refractivity (Wildman–Crippen MR) is 164 cm³/mol. The Morgan fingerprint density at radius 2 is 1.64 bits per heavy atom. The number of carbonyl (C=O) groups excluding carboxylic acids is 2. The molecule has 3 rings (SSSR count). The number of carbonyl (C=O) groups is 2. The largest absolute Gasteiger partial charge is 0.497 e. The maximum Gasteiger partial charge on any atom is 0.264 e. The topological polar surface area (TPSA) is 105 Å². The molecule has 0 aromatic heterocycles. The van der Waals surface area contributed by atoms with E-state index in [-0.39, 0.29) is 34.1 Å². The quantitative estimate of drug-likeness (QED) is 0.265. The summed E-state index contributed by atoms with van der Waals surface area (Å²) in [5.74, 6) is 0.0813. The molecule has 0 saturated carbocycles. The van der Waals surface area contributed by atoms with Crippen LogP contribution in [0.25, 0.3) is 0 Å². The molecule has 0 saturated heterocycles. The number of halogens is 1. The molecule has 0 spiro atoms. The summed E-state index contributed by atoms with van der Waals surface area (Å²) in [5, 5.41) is 3.15. The average Bonchev–Trinajstić information content (AvgIpc) is 2.99. The van der Waals surface area contributed by atoms with Gasteiger partial charge in [-0.15, -0.1) is 0 Å². The maximum absolute atomic E-state index is 14.2. The van der Waals surface area contributed by atoms with Crippen molar-refractivity contribution < 1.29 is 27.5 Å². The number of ether oxygens (including phenoxy) is 2. The van der Waals surface area contributed by atoms with Gasteiger partial charge in [0.1, 0.15) is 24.1 Å². The summed E-state index contributed by atoms with van der Waals surface area (Å²) in [6.07, 6.45) is 1.03. The van der Waals surface area contributed by atoms with E-state index in [9.17, 15) is 18.0 Å². The zero-order valence-electron chi connectivity index (χ0n) is 24.5. The third-order valence-corrected chi connectivity index (χ3v) is 8.99. The smallest absolute Gasteiger partial charge is 0.264 e. The van der Waals surface area contributed by atoms with Gasteiger partial charge in [0.15, 0.2) is 0 Å². The Bertz CT molecular complexity index is 1470. The number of anilines is 1. The first-order valence-electron chi connectivity index (χ1n) is 13.7. The third kappa shape index (κ3) is 7.95. The fraction of sp³-hybridized carbons (Fsp3) is 0.355. The minimum Gasteiger partial charge on any atom is -0.497 e. The van der Waals surface area contributed by atoms with Crippen LogP contribution < -0.4 is 19.1 Å². The summed E-state index contributed by atoms with van der Waals surface area (Å²) in [7, 11) is -1.21. The van der Waals surface area contributed by atoms with Gasteiger partial charge in [-0.2, -0.15) is 0 Å². The van der Waals surface area contributed by atoms with Crippen LogP contribution in [0.1, 0.15) is 39.2 Å². The normalized spacial score (nSPS) is 12.6. The summed E-state index contributed by atoms with van der Waals surface area (Å²) in [6, 6.07) is 18.6. The average molecular weight is 616 g/mol. The van der Waals surface area contributed by atoms with Crippen LogP contribution in [-0.2, 0) is 26.2 Å². The van der Waals surface area contributed by atoms with Crippen molar-refractivity contribution in [3.63, 3.8) is 0 Å². The fourth-order valence-corrected chi connectivity index (χ4v) is 6.07. The van der Waals surface area contributed by atoms with Gasteiger partial charge in [0.05, 0.1) is 29.8 Å². The Morgan fingerprint density at radius 1 is 0.929 bits per heavy atom. The van der Waals surface area contributed by atoms with Crippen LogP contribution in [0.4, 0.5) is 5.69 Å². The lowest BCUT2D eigenvalue weighted by atomic mass is 10.1. The second kappa shape index (κ2) is 14.9. The van der Waals surface area contributed by atoms with Crippen molar-refractivity contribution >= 4 is 39.1 Å². The number of sulfonamides is 1. The summed E-state index contributed by atoms with van der Waals surface area (Å²) in [5.41, 5.74) is 0.902. The first-order chi connectivity index (χ1) is 20.0. The molecule has 0 heterocycles. The molecule has 42 heavy (non-hydrogen) atoms. The molecule has 3 aromatic carbocycles. The van der Waals surface area contributed by atoms with Gasteiger partial charge in [-0.25, -0.2) is 8.42 Å². The lowest BCUT2D eigenvalue weighted by Gasteiger charge is -2.34. The zero-order valence-corrected chi connectivity index (χ0v) is 26.1. The van der Waals surface area contributed by atoms with Gasteiger partial charge < -0.3 is 19.7 Å². The highest BCUT2D eigenvalue weighted by Crippen LogP contribution is 2.32. The van der Waals surface area contributed by atoms with E-state index in [0.717, 1.165) is 9.87 Å². The van der Waals surface area contributed by atoms with Crippen LogP contribution in [0.15, 0.2) is 77.7 Å². The lowest BCUT2D eigenvalue weighted by molar-refractivity contribution is -0.140. The van der Waals surface area contributed by atoms with Crippen LogP contribution in [0.2, 0.25) is 5.02 Å². The molecule has 0 fully saturated rings. The molecule has 0 aliphatic rings. The Balaban J connectivity index is 2.09. The van der Waals surface area contributed by atoms with Crippen LogP contribution in [0.3, 0.4) is 0 Å². The van der Waals surface area contributed by atoms with E-state index in [1.165, 1.54) is 42.3 Å². The van der Waals surface area contributed by atoms with Crippen LogP contribution in [-0.4, -0.2) is 58.0 Å². The highest BCUT2D eigenvalue weighted by Gasteiger charge is 2.34. The molecule has 9 nitrogen and oxygen atoms in total. The molecule has 226 valence electrons. The highest BCUT2D eigenvalue weighted by molar-refractivity contribution is 7.92. The van der Waals surface area contributed by atoms with Gasteiger partial charge in [-0.1, -0.05) is 55.8 Å². The molecular weight excluding hydrogens is 578 g/mol. The van der Waals surface area contributed by atoms with Gasteiger partial charge in [-0.05, 0) is 67.8 Å². The van der Waals surface area contributed by atoms with Crippen LogP contribution >= 0.6 is 11.6 Å². The van der Waals surface area contributed by atoms with Gasteiger partial charge in [0.25, 0.3) is 10.0 Å². The first-order valence-corrected chi connectivity index (χ1v) is 15.5. The van der Waals surface area contributed by atoms with Crippen LogP contribution in [0, 0.1) is 0 Å². The molecule has 1 N–H and O–H groups in total. The van der Waals surface area contributed by atoms with Gasteiger partial charge in [-0.3, -0.25) is 13.9 Å². The van der Waals surface area contributed by atoms with E-state index in [1.807, 2.05) is 26.8 Å². The van der Waals surface area contributed by atoms with Gasteiger partial charge in [0.2, 0.25) is 11.8 Å². The van der Waals surface area contributed by atoms with Crippen molar-refractivity contribution in [2.75, 3.05) is 25.1 Å². The molecule has 3 aromatic rings. The van der Waals surface area contributed by atoms with E-state index in [4.69, 9.17) is 21.1 Å². The molecule has 2 amide bonds. The molecule has 2 atom stereocenters. The number of benzene rings is 3. The summed E-state index contributed by atoms with van der Waals surface area (Å²) >= 11 is 6.37. The van der Waals surface area contributed by atoms with Crippen LogP contribution in [0.5, 0.6) is 11.5 Å². The minimum atomic E-state index is -4.21. The number of nitrogens with one attached hydrogen (secondary N) is 1. The summed E-state index contributed by atoms with van der Waals surface area (Å²) in [6.45, 7) is 5.15. The first kappa shape index (κ1) is 32.8. The summed E-state index contributed by atoms with van der Waals surface area (Å²) < 4.78 is 39.5. The monoisotopic (exact) mass is 615 g/mol. The molecule has 2 unspecified atom stereocenters. The molecule has 0 radical (unpaired) electrons. The minimum absolute atomic E-state index is 0.00522. The molecule has 0 bridgehead atoms. The van der Waals surface area contributed by atoms with E-state index >= 15 is 0 Å². The van der Waals surface area contributed by atoms with Gasteiger partial charge in [0, 0.05) is 12.6 Å². The van der Waals surface area contributed by atoms with E-state index in [2.05, 4.69) is 5.32 Å². The zero-order chi connectivity index (χ0) is 30.9. The van der Waals surface area contributed by atoms with Crippen molar-refractivity contribution in [2.45, 2.75) is 57.1 Å².